The Morgan fingerprint density at radius 3 is 2.61 bits per heavy atom. The Labute approximate surface area is 177 Å². The van der Waals surface area contributed by atoms with Crippen LogP contribution in [-0.4, -0.2) is 29.4 Å². The second-order valence-corrected chi connectivity index (χ2v) is 10.7. The molecule has 1 aliphatic rings. The molecule has 0 aliphatic heterocycles. The first-order valence-electron chi connectivity index (χ1n) is 11.2. The first-order valence-corrected chi connectivity index (χ1v) is 12.2. The van der Waals surface area contributed by atoms with Crippen LogP contribution in [0.5, 0.6) is 0 Å². The molecule has 0 fully saturated rings. The number of Topliss-reactive ketones (excluding diaryl/α,β-unsaturated/α-hetero) is 1. The highest BCUT2D eigenvalue weighted by atomic mass is 32.2. The van der Waals surface area contributed by atoms with E-state index in [0.717, 1.165) is 25.0 Å². The van der Waals surface area contributed by atoms with Crippen molar-refractivity contribution in [3.05, 3.63) is 12.2 Å². The summed E-state index contributed by atoms with van der Waals surface area (Å²) in [6.07, 6.45) is 11.0. The maximum atomic E-state index is 12.9. The molecule has 0 saturated heterocycles. The zero-order valence-corrected chi connectivity index (χ0v) is 19.8. The van der Waals surface area contributed by atoms with E-state index in [9.17, 15) is 9.59 Å². The van der Waals surface area contributed by atoms with Crippen molar-refractivity contribution < 1.29 is 14.3 Å². The molecular formula is C24H42O3S. The van der Waals surface area contributed by atoms with E-state index in [2.05, 4.69) is 53.7 Å². The highest BCUT2D eigenvalue weighted by molar-refractivity contribution is 7.99. The minimum Gasteiger partial charge on any atom is -0.465 e. The Morgan fingerprint density at radius 2 is 2.00 bits per heavy atom. The minimum atomic E-state index is -0.104. The van der Waals surface area contributed by atoms with Gasteiger partial charge in [-0.25, -0.2) is 0 Å². The summed E-state index contributed by atoms with van der Waals surface area (Å²) in [4.78, 5) is 24.9. The van der Waals surface area contributed by atoms with Gasteiger partial charge in [-0.1, -0.05) is 73.0 Å². The number of hydrogen-bond acceptors (Lipinski definition) is 4. The van der Waals surface area contributed by atoms with Gasteiger partial charge in [-0.15, -0.1) is 0 Å². The van der Waals surface area contributed by atoms with Gasteiger partial charge < -0.3 is 4.74 Å². The fraction of sp³-hybridized carbons (Fsp3) is 0.833. The Bertz CT molecular complexity index is 512. The summed E-state index contributed by atoms with van der Waals surface area (Å²) in [5.41, 5.74) is 0.0348. The molecule has 0 radical (unpaired) electrons. The summed E-state index contributed by atoms with van der Waals surface area (Å²) >= 11 is 1.71. The maximum Gasteiger partial charge on any atom is 0.306 e. The fourth-order valence-electron chi connectivity index (χ4n) is 4.26. The predicted molar refractivity (Wildman–Crippen MR) is 121 cm³/mol. The number of allylic oxidation sites excluding steroid dienone is 2. The molecule has 28 heavy (non-hydrogen) atoms. The monoisotopic (exact) mass is 410 g/mol. The highest BCUT2D eigenvalue weighted by Gasteiger charge is 2.39. The van der Waals surface area contributed by atoms with Crippen molar-refractivity contribution >= 4 is 23.5 Å². The SMILES string of the molecule is CCCCC(CC)COC(=O)CCSC(C)CC(=O)C1C(C)C=CCC1(C)C. The third-order valence-electron chi connectivity index (χ3n) is 6.02. The Kier molecular flexibility index (Phi) is 11.5. The Morgan fingerprint density at radius 1 is 1.29 bits per heavy atom. The molecule has 4 heteroatoms. The van der Waals surface area contributed by atoms with Gasteiger partial charge in [0, 0.05) is 23.3 Å². The number of carbonyl (C=O) groups is 2. The third kappa shape index (κ3) is 8.71. The standard InChI is InChI=1S/C24H42O3S/c1-7-9-12-20(8-2)17-27-22(26)13-15-28-19(4)16-21(25)23-18(3)11-10-14-24(23,5)6/h10-11,18-20,23H,7-9,12-17H2,1-6H3. The normalized spacial score (nSPS) is 23.2. The summed E-state index contributed by atoms with van der Waals surface area (Å²) in [6, 6.07) is 0. The first-order chi connectivity index (χ1) is 13.2. The maximum absolute atomic E-state index is 12.9. The Hall–Kier alpha value is -0.770. The van der Waals surface area contributed by atoms with Gasteiger partial charge in [-0.3, -0.25) is 9.59 Å². The molecule has 0 aromatic rings. The molecule has 1 aliphatic carbocycles. The van der Waals surface area contributed by atoms with Crippen molar-refractivity contribution in [1.82, 2.24) is 0 Å². The number of hydrogen-bond donors (Lipinski definition) is 0. The van der Waals surface area contributed by atoms with Crippen molar-refractivity contribution in [3.8, 4) is 0 Å². The summed E-state index contributed by atoms with van der Waals surface area (Å²) < 4.78 is 5.46. The van der Waals surface area contributed by atoms with Gasteiger partial charge in [-0.2, -0.15) is 11.8 Å². The second-order valence-electron chi connectivity index (χ2n) is 9.16. The van der Waals surface area contributed by atoms with Crippen LogP contribution < -0.4 is 0 Å². The fourth-order valence-corrected chi connectivity index (χ4v) is 5.23. The van der Waals surface area contributed by atoms with E-state index in [1.807, 2.05) is 0 Å². The molecule has 162 valence electrons. The molecule has 4 unspecified atom stereocenters. The van der Waals surface area contributed by atoms with Crippen LogP contribution >= 0.6 is 11.8 Å². The average molecular weight is 411 g/mol. The van der Waals surface area contributed by atoms with Gasteiger partial charge in [0.25, 0.3) is 0 Å². The lowest BCUT2D eigenvalue weighted by atomic mass is 9.65. The number of carbonyl (C=O) groups excluding carboxylic acids is 2. The van der Waals surface area contributed by atoms with Crippen molar-refractivity contribution in [2.45, 2.75) is 91.7 Å². The lowest BCUT2D eigenvalue weighted by Crippen LogP contribution is -2.38. The molecule has 0 bridgehead atoms. The molecule has 1 rings (SSSR count). The largest absolute Gasteiger partial charge is 0.465 e. The number of thioether (sulfide) groups is 1. The first kappa shape index (κ1) is 25.3. The molecule has 0 aromatic carbocycles. The van der Waals surface area contributed by atoms with Crippen LogP contribution in [0.15, 0.2) is 12.2 Å². The van der Waals surface area contributed by atoms with Crippen LogP contribution in [0.4, 0.5) is 0 Å². The van der Waals surface area contributed by atoms with Gasteiger partial charge in [0.05, 0.1) is 13.0 Å². The van der Waals surface area contributed by atoms with Gasteiger partial charge in [0.2, 0.25) is 0 Å². The molecule has 0 N–H and O–H groups in total. The molecular weight excluding hydrogens is 368 g/mol. The molecule has 0 saturated carbocycles. The van der Waals surface area contributed by atoms with Crippen LogP contribution in [0.1, 0.15) is 86.5 Å². The minimum absolute atomic E-state index is 0.0348. The van der Waals surface area contributed by atoms with Crippen LogP contribution in [-0.2, 0) is 14.3 Å². The van der Waals surface area contributed by atoms with Crippen LogP contribution in [0.3, 0.4) is 0 Å². The summed E-state index contributed by atoms with van der Waals surface area (Å²) in [5, 5.41) is 0.238. The Balaban J connectivity index is 2.30. The quantitative estimate of drug-likeness (QED) is 0.258. The lowest BCUT2D eigenvalue weighted by Gasteiger charge is -2.39. The molecule has 0 spiro atoms. The average Bonchev–Trinajstić information content (AvgIpc) is 2.60. The second kappa shape index (κ2) is 12.7. The van der Waals surface area contributed by atoms with Gasteiger partial charge in [0.1, 0.15) is 5.78 Å². The predicted octanol–water partition coefficient (Wildman–Crippen LogP) is 6.46. The molecule has 4 atom stereocenters. The molecule has 0 aromatic heterocycles. The van der Waals surface area contributed by atoms with Gasteiger partial charge in [-0.05, 0) is 30.1 Å². The smallest absolute Gasteiger partial charge is 0.306 e. The van der Waals surface area contributed by atoms with Gasteiger partial charge in [0.15, 0.2) is 0 Å². The van der Waals surface area contributed by atoms with Crippen molar-refractivity contribution in [3.63, 3.8) is 0 Å². The zero-order chi connectivity index (χ0) is 21.2. The van der Waals surface area contributed by atoms with E-state index >= 15 is 0 Å². The number of esters is 1. The van der Waals surface area contributed by atoms with Crippen LogP contribution in [0.2, 0.25) is 0 Å². The lowest BCUT2D eigenvalue weighted by molar-refractivity contribution is -0.144. The van der Waals surface area contributed by atoms with E-state index in [4.69, 9.17) is 4.74 Å². The van der Waals surface area contributed by atoms with E-state index in [-0.39, 0.29) is 22.6 Å². The number of rotatable bonds is 13. The summed E-state index contributed by atoms with van der Waals surface area (Å²) in [6.45, 7) is 13.6. The van der Waals surface area contributed by atoms with Crippen molar-refractivity contribution in [2.75, 3.05) is 12.4 Å². The van der Waals surface area contributed by atoms with Crippen molar-refractivity contribution in [2.24, 2.45) is 23.2 Å². The van der Waals surface area contributed by atoms with Crippen molar-refractivity contribution in [1.29, 1.82) is 0 Å². The topological polar surface area (TPSA) is 43.4 Å². The van der Waals surface area contributed by atoms with E-state index < -0.39 is 0 Å². The van der Waals surface area contributed by atoms with Crippen LogP contribution in [0.25, 0.3) is 0 Å². The van der Waals surface area contributed by atoms with E-state index in [0.29, 0.717) is 37.1 Å². The molecule has 0 heterocycles. The third-order valence-corrected chi connectivity index (χ3v) is 7.19. The highest BCUT2D eigenvalue weighted by Crippen LogP contribution is 2.42. The number of unbranched alkanes of at least 4 members (excludes halogenated alkanes) is 1. The van der Waals surface area contributed by atoms with E-state index in [1.54, 1.807) is 11.8 Å². The number of ketones is 1. The van der Waals surface area contributed by atoms with Gasteiger partial charge >= 0.3 is 5.97 Å². The zero-order valence-electron chi connectivity index (χ0n) is 19.0. The summed E-state index contributed by atoms with van der Waals surface area (Å²) in [7, 11) is 0. The molecule has 0 amide bonds. The van der Waals surface area contributed by atoms with E-state index in [1.165, 1.54) is 12.8 Å². The summed E-state index contributed by atoms with van der Waals surface area (Å²) in [5.74, 6) is 1.88. The molecule has 3 nitrogen and oxygen atoms in total. The van der Waals surface area contributed by atoms with Crippen LogP contribution in [0, 0.1) is 23.2 Å². The number of ether oxygens (including phenoxy) is 1.